The highest BCUT2D eigenvalue weighted by Crippen LogP contribution is 2.39. The monoisotopic (exact) mass is 479 g/mol. The number of benzene rings is 1. The summed E-state index contributed by atoms with van der Waals surface area (Å²) in [6.45, 7) is 7.02. The van der Waals surface area contributed by atoms with Crippen molar-refractivity contribution in [1.82, 2.24) is 14.8 Å². The second-order valence-corrected chi connectivity index (χ2v) is 8.82. The molecule has 0 aliphatic carbocycles. The number of nitrogens with zero attached hydrogens (tertiary/aromatic N) is 3. The molecule has 2 aliphatic heterocycles. The van der Waals surface area contributed by atoms with E-state index in [2.05, 4.69) is 16.8 Å². The Kier molecular flexibility index (Phi) is 8.50. The molecule has 1 amide bonds. The Labute approximate surface area is 206 Å². The number of ketones is 1. The molecule has 35 heavy (non-hydrogen) atoms. The Morgan fingerprint density at radius 2 is 1.97 bits per heavy atom. The number of likely N-dealkylation sites (tertiary alicyclic amines) is 1. The van der Waals surface area contributed by atoms with Crippen LogP contribution < -0.4 is 4.74 Å². The van der Waals surface area contributed by atoms with Crippen LogP contribution in [-0.4, -0.2) is 77.6 Å². The molecule has 8 nitrogen and oxygen atoms in total. The van der Waals surface area contributed by atoms with Gasteiger partial charge >= 0.3 is 0 Å². The largest absolute Gasteiger partial charge is 0.507 e. The van der Waals surface area contributed by atoms with Crippen molar-refractivity contribution >= 4 is 17.4 Å². The van der Waals surface area contributed by atoms with Gasteiger partial charge in [0.2, 0.25) is 0 Å². The first-order valence-corrected chi connectivity index (χ1v) is 12.3. The molecule has 2 aromatic rings. The minimum atomic E-state index is -0.696. The number of hydrogen-bond donors (Lipinski definition) is 1. The summed E-state index contributed by atoms with van der Waals surface area (Å²) in [5.74, 6) is -0.869. The van der Waals surface area contributed by atoms with Crippen LogP contribution in [0.3, 0.4) is 0 Å². The summed E-state index contributed by atoms with van der Waals surface area (Å²) < 4.78 is 11.2. The van der Waals surface area contributed by atoms with E-state index in [1.807, 2.05) is 12.1 Å². The summed E-state index contributed by atoms with van der Waals surface area (Å²) in [6, 6.07) is 9.91. The molecule has 2 fully saturated rings. The van der Waals surface area contributed by atoms with Gasteiger partial charge in [0, 0.05) is 44.1 Å². The van der Waals surface area contributed by atoms with Crippen LogP contribution in [0.25, 0.3) is 5.76 Å². The molecule has 4 rings (SSSR count). The highest BCUT2D eigenvalue weighted by atomic mass is 16.5. The molecule has 1 aromatic heterocycles. The topological polar surface area (TPSA) is 92.2 Å². The number of rotatable bonds is 10. The maximum Gasteiger partial charge on any atom is 0.295 e. The van der Waals surface area contributed by atoms with Crippen LogP contribution in [0.2, 0.25) is 0 Å². The zero-order valence-corrected chi connectivity index (χ0v) is 20.2. The fourth-order valence-electron chi connectivity index (χ4n) is 4.51. The number of pyridine rings is 1. The molecule has 1 N–H and O–H groups in total. The first-order valence-electron chi connectivity index (χ1n) is 12.3. The quantitative estimate of drug-likeness (QED) is 0.242. The molecule has 0 spiro atoms. The molecule has 1 unspecified atom stereocenters. The van der Waals surface area contributed by atoms with Gasteiger partial charge in [-0.15, -0.1) is 0 Å². The van der Waals surface area contributed by atoms with Crippen LogP contribution in [0.4, 0.5) is 0 Å². The highest BCUT2D eigenvalue weighted by Gasteiger charge is 2.46. The average molecular weight is 480 g/mol. The third-order valence-corrected chi connectivity index (χ3v) is 6.39. The molecule has 186 valence electrons. The molecule has 0 radical (unpaired) electrons. The van der Waals surface area contributed by atoms with E-state index in [0.29, 0.717) is 49.7 Å². The Hall–Kier alpha value is -3.23. The van der Waals surface area contributed by atoms with E-state index in [1.54, 1.807) is 41.6 Å². The van der Waals surface area contributed by atoms with Gasteiger partial charge in [-0.2, -0.15) is 0 Å². The molecule has 1 atom stereocenters. The number of ether oxygens (including phenoxy) is 2. The zero-order chi connectivity index (χ0) is 24.6. The van der Waals surface area contributed by atoms with Gasteiger partial charge in [0.05, 0.1) is 31.4 Å². The number of hydrogen-bond acceptors (Lipinski definition) is 7. The molecular weight excluding hydrogens is 446 g/mol. The highest BCUT2D eigenvalue weighted by molar-refractivity contribution is 6.46. The molecule has 3 heterocycles. The lowest BCUT2D eigenvalue weighted by molar-refractivity contribution is -0.140. The van der Waals surface area contributed by atoms with Gasteiger partial charge in [-0.25, -0.2) is 0 Å². The van der Waals surface area contributed by atoms with E-state index in [-0.39, 0.29) is 11.3 Å². The predicted octanol–water partition coefficient (Wildman–Crippen LogP) is 3.40. The second kappa shape index (κ2) is 12.0. The number of unbranched alkanes of at least 4 members (excludes halogenated alkanes) is 1. The molecule has 1 aromatic carbocycles. The Morgan fingerprint density at radius 1 is 1.14 bits per heavy atom. The van der Waals surface area contributed by atoms with E-state index in [4.69, 9.17) is 9.47 Å². The number of carbonyl (C=O) groups excluding carboxylic acids is 2. The van der Waals surface area contributed by atoms with Crippen molar-refractivity contribution in [3.8, 4) is 5.75 Å². The lowest BCUT2D eigenvalue weighted by atomic mass is 9.96. The van der Waals surface area contributed by atoms with Crippen LogP contribution >= 0.6 is 0 Å². The number of aliphatic hydroxyl groups is 1. The van der Waals surface area contributed by atoms with E-state index >= 15 is 0 Å². The summed E-state index contributed by atoms with van der Waals surface area (Å²) in [4.78, 5) is 34.3. The van der Waals surface area contributed by atoms with Gasteiger partial charge in [-0.1, -0.05) is 31.5 Å². The molecule has 8 heteroatoms. The van der Waals surface area contributed by atoms with Crippen LogP contribution in [0.5, 0.6) is 5.75 Å². The van der Waals surface area contributed by atoms with Gasteiger partial charge in [0.15, 0.2) is 0 Å². The predicted molar refractivity (Wildman–Crippen MR) is 132 cm³/mol. The molecule has 2 aliphatic rings. The van der Waals surface area contributed by atoms with Crippen LogP contribution in [0, 0.1) is 0 Å². The minimum absolute atomic E-state index is 0.0834. The summed E-state index contributed by atoms with van der Waals surface area (Å²) in [6.07, 6.45) is 5.94. The number of morpholine rings is 1. The lowest BCUT2D eigenvalue weighted by Gasteiger charge is -2.29. The minimum Gasteiger partial charge on any atom is -0.507 e. The number of carbonyl (C=O) groups is 2. The van der Waals surface area contributed by atoms with Gasteiger partial charge in [0.1, 0.15) is 11.5 Å². The average Bonchev–Trinajstić information content (AvgIpc) is 3.15. The van der Waals surface area contributed by atoms with E-state index in [0.717, 1.165) is 32.5 Å². The normalized spacial score (nSPS) is 20.4. The van der Waals surface area contributed by atoms with Crippen molar-refractivity contribution < 1.29 is 24.2 Å². The second-order valence-electron chi connectivity index (χ2n) is 8.82. The van der Waals surface area contributed by atoms with Crippen molar-refractivity contribution in [3.63, 3.8) is 0 Å². The van der Waals surface area contributed by atoms with Crippen LogP contribution in [0.1, 0.15) is 43.4 Å². The van der Waals surface area contributed by atoms with Gasteiger partial charge in [0.25, 0.3) is 11.7 Å². The maximum absolute atomic E-state index is 13.2. The number of aliphatic hydroxyl groups excluding tert-OH is 1. The van der Waals surface area contributed by atoms with Crippen molar-refractivity contribution in [3.05, 3.63) is 65.5 Å². The molecular formula is C27H33N3O5. The Morgan fingerprint density at radius 3 is 2.71 bits per heavy atom. The molecule has 0 bridgehead atoms. The standard InChI is InChI=1S/C27H33N3O5/c1-2-3-15-35-22-9-4-7-20(18-22)25(31)23-24(21-8-5-10-28-19-21)30(27(33)26(23)32)12-6-11-29-13-16-34-17-14-29/h4-5,7-10,18-19,24,31H,2-3,6,11-17H2,1H3. The van der Waals surface area contributed by atoms with E-state index < -0.39 is 17.7 Å². The Bertz CT molecular complexity index is 1050. The van der Waals surface area contributed by atoms with Crippen LogP contribution in [-0.2, 0) is 14.3 Å². The number of Topliss-reactive ketones (excluding diaryl/α,β-unsaturated/α-hetero) is 1. The van der Waals surface area contributed by atoms with Crippen LogP contribution in [0.15, 0.2) is 54.4 Å². The first kappa shape index (κ1) is 24.9. The summed E-state index contributed by atoms with van der Waals surface area (Å²) in [7, 11) is 0. The molecule has 2 saturated heterocycles. The van der Waals surface area contributed by atoms with Gasteiger partial charge < -0.3 is 19.5 Å². The smallest absolute Gasteiger partial charge is 0.295 e. The lowest BCUT2D eigenvalue weighted by Crippen LogP contribution is -2.39. The third-order valence-electron chi connectivity index (χ3n) is 6.39. The zero-order valence-electron chi connectivity index (χ0n) is 20.2. The van der Waals surface area contributed by atoms with Crippen molar-refractivity contribution in [2.45, 2.75) is 32.2 Å². The van der Waals surface area contributed by atoms with Gasteiger partial charge in [-0.3, -0.25) is 19.5 Å². The molecule has 0 saturated carbocycles. The van der Waals surface area contributed by atoms with E-state index in [9.17, 15) is 14.7 Å². The number of aromatic nitrogens is 1. The fourth-order valence-corrected chi connectivity index (χ4v) is 4.51. The SMILES string of the molecule is CCCCOc1cccc(C(O)=C2C(=O)C(=O)N(CCCN3CCOCC3)C2c2cccnc2)c1. The van der Waals surface area contributed by atoms with Gasteiger partial charge in [-0.05, 0) is 36.6 Å². The van der Waals surface area contributed by atoms with Crippen molar-refractivity contribution in [1.29, 1.82) is 0 Å². The third kappa shape index (κ3) is 5.89. The fraction of sp³-hybridized carbons (Fsp3) is 0.444. The maximum atomic E-state index is 13.2. The van der Waals surface area contributed by atoms with E-state index in [1.165, 1.54) is 0 Å². The first-order chi connectivity index (χ1) is 17.1. The number of amides is 1. The summed E-state index contributed by atoms with van der Waals surface area (Å²) >= 11 is 0. The Balaban J connectivity index is 1.62. The summed E-state index contributed by atoms with van der Waals surface area (Å²) in [5.41, 5.74) is 1.22. The van der Waals surface area contributed by atoms with Crippen molar-refractivity contribution in [2.24, 2.45) is 0 Å². The van der Waals surface area contributed by atoms with Crippen molar-refractivity contribution in [2.75, 3.05) is 46.0 Å². The summed E-state index contributed by atoms with van der Waals surface area (Å²) in [5, 5.41) is 11.3.